The van der Waals surface area contributed by atoms with E-state index in [-0.39, 0.29) is 17.5 Å². The van der Waals surface area contributed by atoms with Gasteiger partial charge in [0.25, 0.3) is 0 Å². The Morgan fingerprint density at radius 2 is 2.05 bits per heavy atom. The van der Waals surface area contributed by atoms with E-state index < -0.39 is 12.0 Å². The van der Waals surface area contributed by atoms with Crippen LogP contribution in [0, 0.1) is 5.82 Å². The third kappa shape index (κ3) is 5.71. The molecule has 0 aliphatic carbocycles. The standard InChI is InChI=1S/C12H15FN2O3S/c1-18-12(17)10(14)6-19-7-11(16)15-9-4-2-8(13)3-5-9/h2-5,10H,6-7,14H2,1H3,(H,15,16). The number of carbonyl (C=O) groups excluding carboxylic acids is 2. The van der Waals surface area contributed by atoms with Gasteiger partial charge in [-0.2, -0.15) is 0 Å². The summed E-state index contributed by atoms with van der Waals surface area (Å²) in [4.78, 5) is 22.5. The number of nitrogens with one attached hydrogen (secondary N) is 1. The van der Waals surface area contributed by atoms with Crippen molar-refractivity contribution in [1.82, 2.24) is 0 Å². The van der Waals surface area contributed by atoms with Crippen LogP contribution in [-0.2, 0) is 14.3 Å². The number of carbonyl (C=O) groups is 2. The van der Waals surface area contributed by atoms with E-state index in [1.54, 1.807) is 0 Å². The number of nitrogens with two attached hydrogens (primary N) is 1. The molecule has 1 unspecified atom stereocenters. The maximum atomic E-state index is 12.7. The van der Waals surface area contributed by atoms with Crippen molar-refractivity contribution < 1.29 is 18.7 Å². The number of esters is 1. The molecule has 0 aromatic heterocycles. The monoisotopic (exact) mass is 286 g/mol. The summed E-state index contributed by atoms with van der Waals surface area (Å²) < 4.78 is 17.1. The number of rotatable bonds is 6. The lowest BCUT2D eigenvalue weighted by Gasteiger charge is -2.09. The van der Waals surface area contributed by atoms with Crippen molar-refractivity contribution in [2.45, 2.75) is 6.04 Å². The van der Waals surface area contributed by atoms with Crippen LogP contribution < -0.4 is 11.1 Å². The minimum atomic E-state index is -0.742. The fourth-order valence-electron chi connectivity index (χ4n) is 1.23. The van der Waals surface area contributed by atoms with Crippen LogP contribution in [0.15, 0.2) is 24.3 Å². The lowest BCUT2D eigenvalue weighted by atomic mass is 10.3. The first-order valence-corrected chi connectivity index (χ1v) is 6.65. The van der Waals surface area contributed by atoms with Crippen molar-refractivity contribution in [3.63, 3.8) is 0 Å². The summed E-state index contributed by atoms with van der Waals surface area (Å²) in [5.41, 5.74) is 6.03. The highest BCUT2D eigenvalue weighted by Gasteiger charge is 2.14. The molecule has 0 saturated carbocycles. The van der Waals surface area contributed by atoms with Gasteiger partial charge in [-0.15, -0.1) is 11.8 Å². The molecule has 0 saturated heterocycles. The second-order valence-corrected chi connectivity index (χ2v) is 4.73. The van der Waals surface area contributed by atoms with Crippen molar-refractivity contribution in [3.05, 3.63) is 30.1 Å². The van der Waals surface area contributed by atoms with E-state index in [0.717, 1.165) is 0 Å². The first-order chi connectivity index (χ1) is 9.02. The Balaban J connectivity index is 2.28. The number of methoxy groups -OCH3 is 1. The number of amides is 1. The van der Waals surface area contributed by atoms with Crippen molar-refractivity contribution in [1.29, 1.82) is 0 Å². The van der Waals surface area contributed by atoms with E-state index in [1.807, 2.05) is 0 Å². The predicted molar refractivity (Wildman–Crippen MR) is 72.3 cm³/mol. The predicted octanol–water partition coefficient (Wildman–Crippen LogP) is 0.998. The second-order valence-electron chi connectivity index (χ2n) is 3.70. The van der Waals surface area contributed by atoms with Gasteiger partial charge in [-0.05, 0) is 24.3 Å². The number of halogens is 1. The molecule has 7 heteroatoms. The molecule has 0 aliphatic heterocycles. The maximum absolute atomic E-state index is 12.7. The Kier molecular flexibility index (Phi) is 6.31. The molecular formula is C12H15FN2O3S. The average molecular weight is 286 g/mol. The van der Waals surface area contributed by atoms with Crippen LogP contribution in [0.1, 0.15) is 0 Å². The number of ether oxygens (including phenoxy) is 1. The van der Waals surface area contributed by atoms with Crippen molar-refractivity contribution in [2.75, 3.05) is 23.9 Å². The molecule has 1 rings (SSSR count). The van der Waals surface area contributed by atoms with Crippen molar-refractivity contribution in [2.24, 2.45) is 5.73 Å². The molecule has 1 aromatic carbocycles. The highest BCUT2D eigenvalue weighted by atomic mass is 32.2. The largest absolute Gasteiger partial charge is 0.468 e. The molecule has 0 bridgehead atoms. The third-order valence-corrected chi connectivity index (χ3v) is 3.22. The summed E-state index contributed by atoms with van der Waals surface area (Å²) >= 11 is 1.22. The van der Waals surface area contributed by atoms with Gasteiger partial charge in [0.05, 0.1) is 12.9 Å². The van der Waals surface area contributed by atoms with Crippen molar-refractivity contribution >= 4 is 29.3 Å². The van der Waals surface area contributed by atoms with Gasteiger partial charge in [0.2, 0.25) is 5.91 Å². The molecule has 0 spiro atoms. The summed E-state index contributed by atoms with van der Waals surface area (Å²) in [5, 5.41) is 2.60. The Morgan fingerprint density at radius 3 is 2.63 bits per heavy atom. The van der Waals surface area contributed by atoms with Gasteiger partial charge in [-0.1, -0.05) is 0 Å². The molecule has 0 radical (unpaired) electrons. The molecule has 1 amide bonds. The van der Waals surface area contributed by atoms with E-state index >= 15 is 0 Å². The Hall–Kier alpha value is -1.60. The Labute approximate surface area is 114 Å². The van der Waals surface area contributed by atoms with E-state index in [1.165, 1.54) is 43.1 Å². The lowest BCUT2D eigenvalue weighted by Crippen LogP contribution is -2.34. The fourth-order valence-corrected chi connectivity index (χ4v) is 1.99. The summed E-state index contributed by atoms with van der Waals surface area (Å²) in [7, 11) is 1.26. The topological polar surface area (TPSA) is 81.4 Å². The number of hydrogen-bond donors (Lipinski definition) is 2. The molecule has 5 nitrogen and oxygen atoms in total. The SMILES string of the molecule is COC(=O)C(N)CSCC(=O)Nc1ccc(F)cc1. The summed E-state index contributed by atoms with van der Waals surface area (Å²) in [6.07, 6.45) is 0. The molecule has 19 heavy (non-hydrogen) atoms. The van der Waals surface area contributed by atoms with Gasteiger partial charge >= 0.3 is 5.97 Å². The van der Waals surface area contributed by atoms with Gasteiger partial charge in [-0.25, -0.2) is 4.39 Å². The molecule has 0 aliphatic rings. The molecule has 0 heterocycles. The van der Waals surface area contributed by atoms with Crippen LogP contribution in [0.4, 0.5) is 10.1 Å². The minimum absolute atomic E-state index is 0.155. The van der Waals surface area contributed by atoms with Crippen LogP contribution in [0.5, 0.6) is 0 Å². The number of benzene rings is 1. The minimum Gasteiger partial charge on any atom is -0.468 e. The highest BCUT2D eigenvalue weighted by Crippen LogP contribution is 2.09. The first-order valence-electron chi connectivity index (χ1n) is 5.49. The van der Waals surface area contributed by atoms with Crippen LogP contribution >= 0.6 is 11.8 Å². The number of anilines is 1. The van der Waals surface area contributed by atoms with Gasteiger partial charge in [0, 0.05) is 11.4 Å². The smallest absolute Gasteiger partial charge is 0.323 e. The molecule has 3 N–H and O–H groups in total. The van der Waals surface area contributed by atoms with Crippen LogP contribution in [0.3, 0.4) is 0 Å². The first kappa shape index (κ1) is 15.5. The summed E-state index contributed by atoms with van der Waals surface area (Å²) in [5.74, 6) is -0.664. The Bertz CT molecular complexity index is 439. The van der Waals surface area contributed by atoms with Gasteiger partial charge < -0.3 is 15.8 Å². The maximum Gasteiger partial charge on any atom is 0.323 e. The van der Waals surface area contributed by atoms with Gasteiger partial charge in [0.15, 0.2) is 0 Å². The average Bonchev–Trinajstić information content (AvgIpc) is 2.40. The molecule has 0 fully saturated rings. The zero-order valence-electron chi connectivity index (χ0n) is 10.4. The van der Waals surface area contributed by atoms with Crippen molar-refractivity contribution in [3.8, 4) is 0 Å². The van der Waals surface area contributed by atoms with Crippen LogP contribution in [-0.4, -0.2) is 36.5 Å². The van der Waals surface area contributed by atoms with E-state index in [2.05, 4.69) is 10.1 Å². The normalized spacial score (nSPS) is 11.7. The van der Waals surface area contributed by atoms with Gasteiger partial charge in [-0.3, -0.25) is 9.59 Å². The van der Waals surface area contributed by atoms with Gasteiger partial charge in [0.1, 0.15) is 11.9 Å². The zero-order valence-corrected chi connectivity index (χ0v) is 11.2. The van der Waals surface area contributed by atoms with E-state index in [9.17, 15) is 14.0 Å². The molecular weight excluding hydrogens is 271 g/mol. The number of thioether (sulfide) groups is 1. The van der Waals surface area contributed by atoms with E-state index in [4.69, 9.17) is 5.73 Å². The lowest BCUT2D eigenvalue weighted by molar-refractivity contribution is -0.141. The quantitative estimate of drug-likeness (QED) is 0.762. The zero-order chi connectivity index (χ0) is 14.3. The molecule has 1 aromatic rings. The number of hydrogen-bond acceptors (Lipinski definition) is 5. The summed E-state index contributed by atoms with van der Waals surface area (Å²) in [6.45, 7) is 0. The van der Waals surface area contributed by atoms with E-state index in [0.29, 0.717) is 11.4 Å². The molecule has 1 atom stereocenters. The Morgan fingerprint density at radius 1 is 1.42 bits per heavy atom. The highest BCUT2D eigenvalue weighted by molar-refractivity contribution is 8.00. The van der Waals surface area contributed by atoms with Crippen LogP contribution in [0.25, 0.3) is 0 Å². The molecule has 104 valence electrons. The fraction of sp³-hybridized carbons (Fsp3) is 0.333. The van der Waals surface area contributed by atoms with Crippen LogP contribution in [0.2, 0.25) is 0 Å². The second kappa shape index (κ2) is 7.75. The summed E-state index contributed by atoms with van der Waals surface area (Å²) in [6, 6.07) is 4.72. The third-order valence-electron chi connectivity index (χ3n) is 2.16.